The van der Waals surface area contributed by atoms with E-state index in [1.807, 2.05) is 40.1 Å². The Labute approximate surface area is 142 Å². The molecule has 2 amide bonds. The fourth-order valence-corrected chi connectivity index (χ4v) is 3.58. The van der Waals surface area contributed by atoms with Gasteiger partial charge in [-0.2, -0.15) is 0 Å². The molecule has 2 heterocycles. The first kappa shape index (κ1) is 16.9. The molecule has 3 rings (SSSR count). The summed E-state index contributed by atoms with van der Waals surface area (Å²) in [6.07, 6.45) is 2.12. The molecule has 0 aliphatic carbocycles. The Kier molecular flexibility index (Phi) is 5.48. The Hall–Kier alpha value is -1.92. The molecule has 2 aliphatic rings. The SMILES string of the molecule is O=C1CN(CC(=O)N2CCCCC2C(O)c2ccccc2)CCN1. The Morgan fingerprint density at radius 3 is 2.79 bits per heavy atom. The fourth-order valence-electron chi connectivity index (χ4n) is 3.58. The molecule has 2 unspecified atom stereocenters. The number of nitrogens with zero attached hydrogens (tertiary/aromatic N) is 2. The zero-order valence-corrected chi connectivity index (χ0v) is 13.9. The summed E-state index contributed by atoms with van der Waals surface area (Å²) in [5.74, 6) is -0.0297. The second kappa shape index (κ2) is 7.77. The molecule has 2 saturated heterocycles. The number of piperidine rings is 1. The molecule has 6 nitrogen and oxygen atoms in total. The van der Waals surface area contributed by atoms with Crippen LogP contribution in [0.3, 0.4) is 0 Å². The smallest absolute Gasteiger partial charge is 0.237 e. The summed E-state index contributed by atoms with van der Waals surface area (Å²) in [6, 6.07) is 9.34. The highest BCUT2D eigenvalue weighted by Crippen LogP contribution is 2.28. The van der Waals surface area contributed by atoms with Crippen molar-refractivity contribution in [3.8, 4) is 0 Å². The topological polar surface area (TPSA) is 72.9 Å². The number of aliphatic hydroxyl groups excluding tert-OH is 1. The van der Waals surface area contributed by atoms with E-state index in [9.17, 15) is 14.7 Å². The fraction of sp³-hybridized carbons (Fsp3) is 0.556. The molecule has 0 bridgehead atoms. The third-order valence-electron chi connectivity index (χ3n) is 4.85. The summed E-state index contributed by atoms with van der Waals surface area (Å²) in [5.41, 5.74) is 0.847. The number of hydrogen-bond acceptors (Lipinski definition) is 4. The van der Waals surface area contributed by atoms with Crippen molar-refractivity contribution >= 4 is 11.8 Å². The maximum Gasteiger partial charge on any atom is 0.237 e. The van der Waals surface area contributed by atoms with Crippen LogP contribution in [0, 0.1) is 0 Å². The largest absolute Gasteiger partial charge is 0.386 e. The van der Waals surface area contributed by atoms with Crippen LogP contribution in [0.1, 0.15) is 30.9 Å². The number of likely N-dealkylation sites (tertiary alicyclic amines) is 1. The van der Waals surface area contributed by atoms with Gasteiger partial charge < -0.3 is 15.3 Å². The van der Waals surface area contributed by atoms with Crippen LogP contribution in [0.15, 0.2) is 30.3 Å². The number of rotatable bonds is 4. The number of piperazine rings is 1. The first-order chi connectivity index (χ1) is 11.6. The van der Waals surface area contributed by atoms with E-state index in [1.165, 1.54) is 0 Å². The van der Waals surface area contributed by atoms with Gasteiger partial charge in [0, 0.05) is 19.6 Å². The Morgan fingerprint density at radius 1 is 1.25 bits per heavy atom. The third kappa shape index (κ3) is 3.94. The Morgan fingerprint density at radius 2 is 2.04 bits per heavy atom. The quantitative estimate of drug-likeness (QED) is 0.844. The second-order valence-corrected chi connectivity index (χ2v) is 6.57. The highest BCUT2D eigenvalue weighted by atomic mass is 16.3. The minimum Gasteiger partial charge on any atom is -0.386 e. The van der Waals surface area contributed by atoms with Crippen LogP contribution in [0.4, 0.5) is 0 Å². The van der Waals surface area contributed by atoms with Crippen molar-refractivity contribution in [3.63, 3.8) is 0 Å². The van der Waals surface area contributed by atoms with Crippen LogP contribution in [-0.4, -0.2) is 65.5 Å². The predicted molar refractivity (Wildman–Crippen MR) is 90.2 cm³/mol. The van der Waals surface area contributed by atoms with Crippen molar-refractivity contribution in [2.75, 3.05) is 32.7 Å². The van der Waals surface area contributed by atoms with E-state index in [1.54, 1.807) is 0 Å². The molecule has 0 spiro atoms. The third-order valence-corrected chi connectivity index (χ3v) is 4.85. The van der Waals surface area contributed by atoms with Crippen molar-refractivity contribution < 1.29 is 14.7 Å². The second-order valence-electron chi connectivity index (χ2n) is 6.57. The van der Waals surface area contributed by atoms with E-state index < -0.39 is 6.10 Å². The molecule has 2 aliphatic heterocycles. The van der Waals surface area contributed by atoms with Crippen LogP contribution in [0.2, 0.25) is 0 Å². The Bertz CT molecular complexity index is 578. The number of nitrogens with one attached hydrogen (secondary N) is 1. The lowest BCUT2D eigenvalue weighted by Gasteiger charge is -2.40. The normalized spacial score (nSPS) is 23.6. The van der Waals surface area contributed by atoms with Crippen molar-refractivity contribution in [2.45, 2.75) is 31.4 Å². The van der Waals surface area contributed by atoms with Crippen LogP contribution >= 0.6 is 0 Å². The highest BCUT2D eigenvalue weighted by molar-refractivity contribution is 5.82. The van der Waals surface area contributed by atoms with Crippen molar-refractivity contribution in [2.24, 2.45) is 0 Å². The molecule has 0 aromatic heterocycles. The maximum absolute atomic E-state index is 12.8. The lowest BCUT2D eigenvalue weighted by atomic mass is 9.93. The number of benzene rings is 1. The molecule has 0 saturated carbocycles. The van der Waals surface area contributed by atoms with Crippen molar-refractivity contribution in [3.05, 3.63) is 35.9 Å². The summed E-state index contributed by atoms with van der Waals surface area (Å²) in [5, 5.41) is 13.5. The molecule has 1 aromatic rings. The van der Waals surface area contributed by atoms with Gasteiger partial charge in [0.2, 0.25) is 11.8 Å². The van der Waals surface area contributed by atoms with E-state index in [4.69, 9.17) is 0 Å². The number of aliphatic hydroxyl groups is 1. The van der Waals surface area contributed by atoms with E-state index in [2.05, 4.69) is 5.32 Å². The van der Waals surface area contributed by atoms with E-state index in [0.717, 1.165) is 24.8 Å². The van der Waals surface area contributed by atoms with E-state index in [0.29, 0.717) is 19.6 Å². The van der Waals surface area contributed by atoms with Gasteiger partial charge in [-0.3, -0.25) is 14.5 Å². The van der Waals surface area contributed by atoms with Gasteiger partial charge >= 0.3 is 0 Å². The van der Waals surface area contributed by atoms with Crippen LogP contribution in [-0.2, 0) is 9.59 Å². The summed E-state index contributed by atoms with van der Waals surface area (Å²) in [6.45, 7) is 2.46. The van der Waals surface area contributed by atoms with Gasteiger partial charge in [0.25, 0.3) is 0 Å². The number of amides is 2. The molecular weight excluding hydrogens is 306 g/mol. The molecule has 2 atom stereocenters. The average molecular weight is 331 g/mol. The first-order valence-corrected chi connectivity index (χ1v) is 8.66. The van der Waals surface area contributed by atoms with Gasteiger partial charge in [0.15, 0.2) is 0 Å². The summed E-state index contributed by atoms with van der Waals surface area (Å²) < 4.78 is 0. The van der Waals surface area contributed by atoms with Crippen LogP contribution < -0.4 is 5.32 Å². The monoisotopic (exact) mass is 331 g/mol. The summed E-state index contributed by atoms with van der Waals surface area (Å²) >= 11 is 0. The van der Waals surface area contributed by atoms with Crippen LogP contribution in [0.25, 0.3) is 0 Å². The molecule has 130 valence electrons. The average Bonchev–Trinajstić information content (AvgIpc) is 2.62. The summed E-state index contributed by atoms with van der Waals surface area (Å²) in [4.78, 5) is 27.9. The summed E-state index contributed by atoms with van der Waals surface area (Å²) in [7, 11) is 0. The number of carbonyl (C=O) groups is 2. The van der Waals surface area contributed by atoms with Gasteiger partial charge in [0.1, 0.15) is 0 Å². The van der Waals surface area contributed by atoms with Gasteiger partial charge in [0.05, 0.1) is 25.2 Å². The molecule has 1 aromatic carbocycles. The zero-order chi connectivity index (χ0) is 16.9. The maximum atomic E-state index is 12.8. The number of hydrogen-bond donors (Lipinski definition) is 2. The zero-order valence-electron chi connectivity index (χ0n) is 13.9. The minimum atomic E-state index is -0.667. The van der Waals surface area contributed by atoms with Crippen LogP contribution in [0.5, 0.6) is 0 Å². The molecule has 0 radical (unpaired) electrons. The van der Waals surface area contributed by atoms with Gasteiger partial charge in [-0.25, -0.2) is 0 Å². The molecule has 2 N–H and O–H groups in total. The van der Waals surface area contributed by atoms with Gasteiger partial charge in [-0.15, -0.1) is 0 Å². The first-order valence-electron chi connectivity index (χ1n) is 8.66. The molecule has 6 heteroatoms. The molecule has 24 heavy (non-hydrogen) atoms. The van der Waals surface area contributed by atoms with E-state index in [-0.39, 0.29) is 30.9 Å². The highest BCUT2D eigenvalue weighted by Gasteiger charge is 2.33. The molecule has 2 fully saturated rings. The Balaban J connectivity index is 1.67. The lowest BCUT2D eigenvalue weighted by molar-refractivity contribution is -0.140. The standard InChI is InChI=1S/C18H25N3O3/c22-16-12-20(11-9-19-16)13-17(23)21-10-5-4-8-15(21)18(24)14-6-2-1-3-7-14/h1-3,6-7,15,18,24H,4-5,8-13H2,(H,19,22). The number of carbonyl (C=O) groups excluding carboxylic acids is 2. The molecular formula is C18H25N3O3. The van der Waals surface area contributed by atoms with Crippen molar-refractivity contribution in [1.29, 1.82) is 0 Å². The van der Waals surface area contributed by atoms with Crippen molar-refractivity contribution in [1.82, 2.24) is 15.1 Å². The minimum absolute atomic E-state index is 0.00406. The predicted octanol–water partition coefficient (Wildman–Crippen LogP) is 0.533. The lowest BCUT2D eigenvalue weighted by Crippen LogP contribution is -2.54. The van der Waals surface area contributed by atoms with Gasteiger partial charge in [-0.1, -0.05) is 30.3 Å². The van der Waals surface area contributed by atoms with E-state index >= 15 is 0 Å². The van der Waals surface area contributed by atoms with Gasteiger partial charge in [-0.05, 0) is 24.8 Å².